The molecule has 1 saturated heterocycles. The second kappa shape index (κ2) is 6.88. The summed E-state index contributed by atoms with van der Waals surface area (Å²) in [5, 5.41) is 4.04. The molecule has 0 saturated carbocycles. The summed E-state index contributed by atoms with van der Waals surface area (Å²) < 4.78 is 14.0. The van der Waals surface area contributed by atoms with Gasteiger partial charge in [0.05, 0.1) is 0 Å². The summed E-state index contributed by atoms with van der Waals surface area (Å²) in [6.45, 7) is 9.25. The maximum atomic E-state index is 14.0. The molecule has 112 valence electrons. The highest BCUT2D eigenvalue weighted by Gasteiger charge is 2.29. The SMILES string of the molecule is CCC1CN(Cc2ccc(Cl)cc2F)C(C(C)C)CN1. The average Bonchev–Trinajstić information content (AvgIpc) is 2.41. The lowest BCUT2D eigenvalue weighted by molar-refractivity contribution is 0.0889. The fraction of sp³-hybridized carbons (Fsp3) is 0.625. The number of rotatable bonds is 4. The molecule has 0 bridgehead atoms. The van der Waals surface area contributed by atoms with Crippen LogP contribution in [-0.4, -0.2) is 30.1 Å². The van der Waals surface area contributed by atoms with Crippen molar-refractivity contribution in [1.29, 1.82) is 0 Å². The first-order valence-electron chi connectivity index (χ1n) is 7.42. The lowest BCUT2D eigenvalue weighted by Crippen LogP contribution is -2.57. The van der Waals surface area contributed by atoms with Crippen LogP contribution in [0.15, 0.2) is 18.2 Å². The number of benzene rings is 1. The van der Waals surface area contributed by atoms with E-state index >= 15 is 0 Å². The Morgan fingerprint density at radius 3 is 2.80 bits per heavy atom. The highest BCUT2D eigenvalue weighted by atomic mass is 35.5. The predicted octanol–water partition coefficient (Wildman–Crippen LogP) is 3.69. The van der Waals surface area contributed by atoms with Crippen LogP contribution >= 0.6 is 11.6 Å². The van der Waals surface area contributed by atoms with Gasteiger partial charge in [0.2, 0.25) is 0 Å². The second-order valence-electron chi connectivity index (χ2n) is 5.99. The minimum atomic E-state index is -0.202. The van der Waals surface area contributed by atoms with Gasteiger partial charge in [0, 0.05) is 42.3 Å². The van der Waals surface area contributed by atoms with Gasteiger partial charge in [0.1, 0.15) is 5.82 Å². The summed E-state index contributed by atoms with van der Waals surface area (Å²) in [6, 6.07) is 5.93. The molecule has 2 unspecified atom stereocenters. The zero-order valence-electron chi connectivity index (χ0n) is 12.5. The monoisotopic (exact) mass is 298 g/mol. The highest BCUT2D eigenvalue weighted by molar-refractivity contribution is 6.30. The van der Waals surface area contributed by atoms with Crippen LogP contribution in [0, 0.1) is 11.7 Å². The summed E-state index contributed by atoms with van der Waals surface area (Å²) in [7, 11) is 0. The van der Waals surface area contributed by atoms with Crippen molar-refractivity contribution in [3.63, 3.8) is 0 Å². The Morgan fingerprint density at radius 2 is 2.20 bits per heavy atom. The van der Waals surface area contributed by atoms with Crippen molar-refractivity contribution in [1.82, 2.24) is 10.2 Å². The van der Waals surface area contributed by atoms with Crippen LogP contribution in [0.2, 0.25) is 5.02 Å². The van der Waals surface area contributed by atoms with Gasteiger partial charge in [-0.2, -0.15) is 0 Å². The molecule has 20 heavy (non-hydrogen) atoms. The van der Waals surface area contributed by atoms with E-state index in [1.807, 2.05) is 0 Å². The Labute approximate surface area is 126 Å². The smallest absolute Gasteiger partial charge is 0.129 e. The molecule has 0 aliphatic carbocycles. The molecule has 2 rings (SSSR count). The summed E-state index contributed by atoms with van der Waals surface area (Å²) in [6.07, 6.45) is 1.10. The van der Waals surface area contributed by atoms with E-state index < -0.39 is 0 Å². The first-order chi connectivity index (χ1) is 9.51. The first-order valence-corrected chi connectivity index (χ1v) is 7.80. The van der Waals surface area contributed by atoms with Crippen molar-refractivity contribution < 1.29 is 4.39 Å². The lowest BCUT2D eigenvalue weighted by Gasteiger charge is -2.42. The second-order valence-corrected chi connectivity index (χ2v) is 6.43. The van der Waals surface area contributed by atoms with Gasteiger partial charge in [-0.05, 0) is 24.5 Å². The quantitative estimate of drug-likeness (QED) is 0.912. The van der Waals surface area contributed by atoms with E-state index in [4.69, 9.17) is 11.6 Å². The molecule has 0 amide bonds. The Morgan fingerprint density at radius 1 is 1.45 bits per heavy atom. The Bertz CT molecular complexity index is 450. The third kappa shape index (κ3) is 3.72. The summed E-state index contributed by atoms with van der Waals surface area (Å²) in [4.78, 5) is 2.40. The normalized spacial score (nSPS) is 24.3. The average molecular weight is 299 g/mol. The maximum absolute atomic E-state index is 14.0. The third-order valence-corrected chi connectivity index (χ3v) is 4.43. The van der Waals surface area contributed by atoms with E-state index in [2.05, 4.69) is 31.0 Å². The van der Waals surface area contributed by atoms with Crippen molar-refractivity contribution in [3.05, 3.63) is 34.6 Å². The number of piperazine rings is 1. The van der Waals surface area contributed by atoms with Crippen LogP contribution in [0.3, 0.4) is 0 Å². The van der Waals surface area contributed by atoms with Crippen LogP contribution in [0.5, 0.6) is 0 Å². The molecule has 1 heterocycles. The molecule has 1 aromatic rings. The standard InChI is InChI=1S/C16H24ClFN2/c1-4-14-10-20(16(8-19-14)11(2)3)9-12-5-6-13(17)7-15(12)18/h5-7,11,14,16,19H,4,8-10H2,1-3H3. The van der Waals surface area contributed by atoms with Crippen LogP contribution in [-0.2, 0) is 6.54 Å². The Balaban J connectivity index is 2.14. The Kier molecular flexibility index (Phi) is 5.42. The number of hydrogen-bond donors (Lipinski definition) is 1. The number of nitrogens with one attached hydrogen (secondary N) is 1. The van der Waals surface area contributed by atoms with Crippen molar-refractivity contribution in [2.75, 3.05) is 13.1 Å². The molecule has 2 atom stereocenters. The molecule has 2 nitrogen and oxygen atoms in total. The predicted molar refractivity (Wildman–Crippen MR) is 82.5 cm³/mol. The highest BCUT2D eigenvalue weighted by Crippen LogP contribution is 2.22. The summed E-state index contributed by atoms with van der Waals surface area (Å²) >= 11 is 5.82. The summed E-state index contributed by atoms with van der Waals surface area (Å²) in [5.74, 6) is 0.349. The van der Waals surface area contributed by atoms with Crippen LogP contribution in [0.4, 0.5) is 4.39 Å². The molecule has 1 aromatic carbocycles. The van der Waals surface area contributed by atoms with Gasteiger partial charge < -0.3 is 5.32 Å². The number of hydrogen-bond acceptors (Lipinski definition) is 2. The van der Waals surface area contributed by atoms with Crippen molar-refractivity contribution in [2.45, 2.75) is 45.8 Å². The van der Waals surface area contributed by atoms with Gasteiger partial charge >= 0.3 is 0 Å². The first kappa shape index (κ1) is 15.7. The van der Waals surface area contributed by atoms with Gasteiger partial charge in [0.25, 0.3) is 0 Å². The molecule has 1 aliphatic rings. The Hall–Kier alpha value is -0.640. The van der Waals surface area contributed by atoms with E-state index in [9.17, 15) is 4.39 Å². The molecular formula is C16H24ClFN2. The van der Waals surface area contributed by atoms with E-state index in [0.29, 0.717) is 29.6 Å². The van der Waals surface area contributed by atoms with Crippen molar-refractivity contribution in [3.8, 4) is 0 Å². The van der Waals surface area contributed by atoms with Gasteiger partial charge in [-0.3, -0.25) is 4.90 Å². The van der Waals surface area contributed by atoms with E-state index in [0.717, 1.165) is 25.1 Å². The fourth-order valence-electron chi connectivity index (χ4n) is 2.88. The van der Waals surface area contributed by atoms with Gasteiger partial charge in [-0.25, -0.2) is 4.39 Å². The largest absolute Gasteiger partial charge is 0.311 e. The van der Waals surface area contributed by atoms with E-state index in [1.54, 1.807) is 12.1 Å². The number of nitrogens with zero attached hydrogens (tertiary/aromatic N) is 1. The molecule has 1 N–H and O–H groups in total. The van der Waals surface area contributed by atoms with Gasteiger partial charge in [0.15, 0.2) is 0 Å². The van der Waals surface area contributed by atoms with E-state index in [1.165, 1.54) is 6.07 Å². The molecule has 1 fully saturated rings. The minimum absolute atomic E-state index is 0.202. The third-order valence-electron chi connectivity index (χ3n) is 4.19. The van der Waals surface area contributed by atoms with Gasteiger partial charge in [-0.15, -0.1) is 0 Å². The number of halogens is 2. The van der Waals surface area contributed by atoms with Gasteiger partial charge in [-0.1, -0.05) is 38.4 Å². The van der Waals surface area contributed by atoms with Crippen LogP contribution in [0.1, 0.15) is 32.8 Å². The maximum Gasteiger partial charge on any atom is 0.129 e. The lowest BCUT2D eigenvalue weighted by atomic mass is 9.97. The van der Waals surface area contributed by atoms with Crippen LogP contribution < -0.4 is 5.32 Å². The van der Waals surface area contributed by atoms with Crippen LogP contribution in [0.25, 0.3) is 0 Å². The molecule has 1 aliphatic heterocycles. The molecule has 0 spiro atoms. The topological polar surface area (TPSA) is 15.3 Å². The molecule has 0 radical (unpaired) electrons. The molecule has 0 aromatic heterocycles. The van der Waals surface area contributed by atoms with E-state index in [-0.39, 0.29) is 5.82 Å². The minimum Gasteiger partial charge on any atom is -0.311 e. The zero-order valence-corrected chi connectivity index (χ0v) is 13.3. The van der Waals surface area contributed by atoms with Crippen molar-refractivity contribution >= 4 is 11.6 Å². The zero-order chi connectivity index (χ0) is 14.7. The van der Waals surface area contributed by atoms with Crippen molar-refractivity contribution in [2.24, 2.45) is 5.92 Å². The summed E-state index contributed by atoms with van der Waals surface area (Å²) in [5.41, 5.74) is 0.733. The fourth-order valence-corrected chi connectivity index (χ4v) is 3.04. The molecular weight excluding hydrogens is 275 g/mol. The molecule has 4 heteroatoms.